The van der Waals surface area contributed by atoms with Crippen LogP contribution in [0.3, 0.4) is 0 Å². The van der Waals surface area contributed by atoms with Crippen LogP contribution in [-0.4, -0.2) is 0 Å². The molecular formula is C64H43NO. The van der Waals surface area contributed by atoms with Gasteiger partial charge in [0.15, 0.2) is 0 Å². The molecule has 0 N–H and O–H groups in total. The number of hydrogen-bond acceptors (Lipinski definition) is 2. The van der Waals surface area contributed by atoms with E-state index in [1.165, 1.54) is 44.2 Å². The van der Waals surface area contributed by atoms with Gasteiger partial charge in [-0.1, -0.05) is 212 Å². The highest BCUT2D eigenvalue weighted by Crippen LogP contribution is 2.45. The molecule has 0 spiro atoms. The molecule has 0 aliphatic rings. The van der Waals surface area contributed by atoms with Crippen LogP contribution in [0.5, 0.6) is 0 Å². The van der Waals surface area contributed by atoms with Crippen LogP contribution in [0, 0.1) is 0 Å². The lowest BCUT2D eigenvalue weighted by atomic mass is 9.91. The number of benzene rings is 11. The van der Waals surface area contributed by atoms with Gasteiger partial charge in [-0.15, -0.1) is 0 Å². The average molecular weight is 842 g/mol. The molecule has 0 aliphatic carbocycles. The van der Waals surface area contributed by atoms with Crippen molar-refractivity contribution >= 4 is 49.8 Å². The van der Waals surface area contributed by atoms with Gasteiger partial charge in [-0.2, -0.15) is 0 Å². The van der Waals surface area contributed by atoms with E-state index < -0.39 is 0 Å². The number of anilines is 3. The maximum atomic E-state index is 6.50. The summed E-state index contributed by atoms with van der Waals surface area (Å²) in [6.45, 7) is 0. The molecule has 1 heterocycles. The first-order valence-corrected chi connectivity index (χ1v) is 22.6. The third-order valence-electron chi connectivity index (χ3n) is 12.9. The Kier molecular flexibility index (Phi) is 9.89. The van der Waals surface area contributed by atoms with E-state index in [1.54, 1.807) is 0 Å². The summed E-state index contributed by atoms with van der Waals surface area (Å²) in [4.78, 5) is 2.41. The summed E-state index contributed by atoms with van der Waals surface area (Å²) < 4.78 is 6.50. The highest BCUT2D eigenvalue weighted by atomic mass is 16.3. The number of furan rings is 1. The molecule has 0 unspecified atom stereocenters. The molecule has 2 nitrogen and oxygen atoms in total. The van der Waals surface area contributed by atoms with Crippen LogP contribution >= 0.6 is 0 Å². The van der Waals surface area contributed by atoms with Crippen LogP contribution in [0.4, 0.5) is 17.1 Å². The molecule has 0 bridgehead atoms. The van der Waals surface area contributed by atoms with Crippen LogP contribution in [0.25, 0.3) is 99.5 Å². The Morgan fingerprint density at radius 3 is 1.44 bits per heavy atom. The fraction of sp³-hybridized carbons (Fsp3) is 0. The van der Waals surface area contributed by atoms with Gasteiger partial charge in [-0.3, -0.25) is 0 Å². The standard InChI is InChI=1S/C64H43NO/c1-4-16-46(17-5-1)56-39-33-52(42-61(56)48-20-8-3-9-21-48)45-29-35-54(36-30-45)65(55-37-31-49(32-38-55)58-24-14-25-60-59-23-12-13-26-63(59)66-64(58)60)62-43-53(34-40-57(62)47-18-6-2-7-19-47)51-28-27-44-15-10-11-22-50(44)41-51/h1-43H. The molecule has 1 aromatic heterocycles. The maximum absolute atomic E-state index is 6.50. The molecule has 0 saturated carbocycles. The normalized spacial score (nSPS) is 11.3. The minimum atomic E-state index is 0.898. The van der Waals surface area contributed by atoms with E-state index in [0.717, 1.165) is 72.4 Å². The Bertz CT molecular complexity index is 3670. The molecular weight excluding hydrogens is 799 g/mol. The summed E-state index contributed by atoms with van der Waals surface area (Å²) in [7, 11) is 0. The van der Waals surface area contributed by atoms with E-state index in [9.17, 15) is 0 Å². The number of para-hydroxylation sites is 2. The molecule has 66 heavy (non-hydrogen) atoms. The highest BCUT2D eigenvalue weighted by Gasteiger charge is 2.20. The van der Waals surface area contributed by atoms with Crippen LogP contribution in [0.15, 0.2) is 265 Å². The van der Waals surface area contributed by atoms with E-state index in [0.29, 0.717) is 0 Å². The Morgan fingerprint density at radius 1 is 0.258 bits per heavy atom. The van der Waals surface area contributed by atoms with Gasteiger partial charge in [-0.25, -0.2) is 0 Å². The van der Waals surface area contributed by atoms with Crippen molar-refractivity contribution in [3.05, 3.63) is 261 Å². The Labute approximate surface area is 384 Å². The molecule has 12 rings (SSSR count). The lowest BCUT2D eigenvalue weighted by Crippen LogP contribution is -2.11. The maximum Gasteiger partial charge on any atom is 0.143 e. The quantitative estimate of drug-likeness (QED) is 0.144. The van der Waals surface area contributed by atoms with Gasteiger partial charge in [0.2, 0.25) is 0 Å². The molecule has 12 aromatic rings. The molecule has 310 valence electrons. The largest absolute Gasteiger partial charge is 0.455 e. The van der Waals surface area contributed by atoms with Gasteiger partial charge < -0.3 is 9.32 Å². The smallest absolute Gasteiger partial charge is 0.143 e. The number of rotatable bonds is 9. The molecule has 0 aliphatic heterocycles. The molecule has 0 atom stereocenters. The van der Waals surface area contributed by atoms with E-state index in [4.69, 9.17) is 4.42 Å². The summed E-state index contributed by atoms with van der Waals surface area (Å²) in [5, 5.41) is 4.70. The zero-order chi connectivity index (χ0) is 43.8. The van der Waals surface area contributed by atoms with Crippen molar-refractivity contribution in [2.45, 2.75) is 0 Å². The van der Waals surface area contributed by atoms with Crippen LogP contribution < -0.4 is 4.90 Å². The summed E-state index contributed by atoms with van der Waals surface area (Å²) in [6.07, 6.45) is 0. The third-order valence-corrected chi connectivity index (χ3v) is 12.9. The minimum absolute atomic E-state index is 0.898. The summed E-state index contributed by atoms with van der Waals surface area (Å²) in [6, 6.07) is 94.0. The number of nitrogens with zero attached hydrogens (tertiary/aromatic N) is 1. The minimum Gasteiger partial charge on any atom is -0.455 e. The molecule has 0 amide bonds. The van der Waals surface area contributed by atoms with Crippen molar-refractivity contribution in [2.75, 3.05) is 4.90 Å². The number of hydrogen-bond donors (Lipinski definition) is 0. The van der Waals surface area contributed by atoms with E-state index in [-0.39, 0.29) is 0 Å². The van der Waals surface area contributed by atoms with Crippen molar-refractivity contribution in [3.63, 3.8) is 0 Å². The van der Waals surface area contributed by atoms with Crippen LogP contribution in [-0.2, 0) is 0 Å². The van der Waals surface area contributed by atoms with Crippen molar-refractivity contribution in [1.29, 1.82) is 0 Å². The first-order chi connectivity index (χ1) is 32.7. The van der Waals surface area contributed by atoms with Gasteiger partial charge >= 0.3 is 0 Å². The van der Waals surface area contributed by atoms with Gasteiger partial charge in [0.05, 0.1) is 5.69 Å². The lowest BCUT2D eigenvalue weighted by Gasteiger charge is -2.29. The predicted molar refractivity (Wildman–Crippen MR) is 279 cm³/mol. The zero-order valence-corrected chi connectivity index (χ0v) is 36.2. The van der Waals surface area contributed by atoms with E-state index >= 15 is 0 Å². The Hall–Kier alpha value is -8.72. The molecule has 11 aromatic carbocycles. The fourth-order valence-corrected chi connectivity index (χ4v) is 9.57. The van der Waals surface area contributed by atoms with Gasteiger partial charge in [0.1, 0.15) is 11.2 Å². The average Bonchev–Trinajstić information content (AvgIpc) is 3.79. The topological polar surface area (TPSA) is 16.4 Å². The van der Waals surface area contributed by atoms with Gasteiger partial charge in [0, 0.05) is 33.3 Å². The second kappa shape index (κ2) is 16.8. The van der Waals surface area contributed by atoms with Gasteiger partial charge in [0.25, 0.3) is 0 Å². The highest BCUT2D eigenvalue weighted by molar-refractivity contribution is 6.09. The van der Waals surface area contributed by atoms with Crippen molar-refractivity contribution in [1.82, 2.24) is 0 Å². The number of fused-ring (bicyclic) bond motifs is 4. The van der Waals surface area contributed by atoms with E-state index in [2.05, 4.69) is 254 Å². The SMILES string of the molecule is c1ccc(-c2ccc(-c3ccc(N(c4ccc(-c5cccc6c5oc5ccccc56)cc4)c4cc(-c5ccc6ccccc6c5)ccc4-c4ccccc4)cc3)cc2-c2ccccc2)cc1. The fourth-order valence-electron chi connectivity index (χ4n) is 9.57. The summed E-state index contributed by atoms with van der Waals surface area (Å²) in [5.41, 5.74) is 18.9. The second-order valence-corrected chi connectivity index (χ2v) is 16.9. The Balaban J connectivity index is 1.01. The predicted octanol–water partition coefficient (Wildman–Crippen LogP) is 18.2. The van der Waals surface area contributed by atoms with Crippen molar-refractivity contribution < 1.29 is 4.42 Å². The third kappa shape index (κ3) is 7.21. The first-order valence-electron chi connectivity index (χ1n) is 22.6. The second-order valence-electron chi connectivity index (χ2n) is 16.9. The van der Waals surface area contributed by atoms with Crippen molar-refractivity contribution in [2.24, 2.45) is 0 Å². The molecule has 0 fully saturated rings. The monoisotopic (exact) mass is 841 g/mol. The van der Waals surface area contributed by atoms with Crippen LogP contribution in [0.1, 0.15) is 0 Å². The van der Waals surface area contributed by atoms with Crippen molar-refractivity contribution in [3.8, 4) is 66.8 Å². The van der Waals surface area contributed by atoms with E-state index in [1.807, 2.05) is 12.1 Å². The van der Waals surface area contributed by atoms with Crippen LogP contribution in [0.2, 0.25) is 0 Å². The first kappa shape index (κ1) is 38.9. The lowest BCUT2D eigenvalue weighted by molar-refractivity contribution is 0.670. The zero-order valence-electron chi connectivity index (χ0n) is 36.2. The molecule has 0 saturated heterocycles. The molecule has 0 radical (unpaired) electrons. The summed E-state index contributed by atoms with van der Waals surface area (Å²) in [5.74, 6) is 0. The molecule has 2 heteroatoms. The summed E-state index contributed by atoms with van der Waals surface area (Å²) >= 11 is 0. The Morgan fingerprint density at radius 2 is 0.742 bits per heavy atom. The van der Waals surface area contributed by atoms with Gasteiger partial charge in [-0.05, 0) is 115 Å².